The van der Waals surface area contributed by atoms with Gasteiger partial charge in [-0.05, 0) is 43.0 Å². The van der Waals surface area contributed by atoms with Crippen LogP contribution in [0, 0.1) is 5.92 Å². The number of aliphatic hydroxyl groups is 1. The van der Waals surface area contributed by atoms with Gasteiger partial charge in [-0.2, -0.15) is 0 Å². The van der Waals surface area contributed by atoms with Gasteiger partial charge in [-0.15, -0.1) is 0 Å². The third-order valence-corrected chi connectivity index (χ3v) is 3.91. The predicted octanol–water partition coefficient (Wildman–Crippen LogP) is 2.55. The second kappa shape index (κ2) is 6.41. The highest BCUT2D eigenvalue weighted by Crippen LogP contribution is 2.26. The van der Waals surface area contributed by atoms with Crippen LogP contribution in [0.4, 0.5) is 0 Å². The molecule has 0 radical (unpaired) electrons. The molecule has 100 valence electrons. The van der Waals surface area contributed by atoms with Gasteiger partial charge in [0.05, 0.1) is 7.11 Å². The molecule has 18 heavy (non-hydrogen) atoms. The van der Waals surface area contributed by atoms with E-state index in [4.69, 9.17) is 21.4 Å². The highest BCUT2D eigenvalue weighted by atomic mass is 35.5. The minimum absolute atomic E-state index is 0.293. The van der Waals surface area contributed by atoms with Crippen LogP contribution < -0.4 is 4.74 Å². The zero-order valence-electron chi connectivity index (χ0n) is 10.7. The van der Waals surface area contributed by atoms with Gasteiger partial charge in [0.15, 0.2) is 0 Å². The average Bonchev–Trinajstić information content (AvgIpc) is 2.80. The third kappa shape index (κ3) is 3.37. The van der Waals surface area contributed by atoms with E-state index in [2.05, 4.69) is 4.90 Å². The molecule has 0 amide bonds. The van der Waals surface area contributed by atoms with Gasteiger partial charge < -0.3 is 9.84 Å². The summed E-state index contributed by atoms with van der Waals surface area (Å²) in [6.45, 7) is 3.32. The number of rotatable bonds is 5. The van der Waals surface area contributed by atoms with Gasteiger partial charge in [0, 0.05) is 24.7 Å². The Bertz CT molecular complexity index is 397. The molecule has 1 aliphatic rings. The van der Waals surface area contributed by atoms with Gasteiger partial charge in [-0.25, -0.2) is 0 Å². The summed E-state index contributed by atoms with van der Waals surface area (Å²) < 4.78 is 5.14. The van der Waals surface area contributed by atoms with Crippen molar-refractivity contribution >= 4 is 11.6 Å². The molecule has 1 fully saturated rings. The molecule has 1 saturated heterocycles. The van der Waals surface area contributed by atoms with E-state index in [9.17, 15) is 0 Å². The van der Waals surface area contributed by atoms with Crippen molar-refractivity contribution in [3.63, 3.8) is 0 Å². The number of likely N-dealkylation sites (tertiary alicyclic amines) is 1. The molecule has 0 spiro atoms. The molecule has 0 aromatic heterocycles. The summed E-state index contributed by atoms with van der Waals surface area (Å²) in [6.07, 6.45) is 2.08. The number of methoxy groups -OCH3 is 1. The van der Waals surface area contributed by atoms with Crippen LogP contribution in [-0.4, -0.2) is 36.8 Å². The summed E-state index contributed by atoms with van der Waals surface area (Å²) in [7, 11) is 1.64. The summed E-state index contributed by atoms with van der Waals surface area (Å²) in [6, 6.07) is 5.83. The van der Waals surface area contributed by atoms with Crippen LogP contribution in [0.3, 0.4) is 0 Å². The largest absolute Gasteiger partial charge is 0.497 e. The second-order valence-corrected chi connectivity index (χ2v) is 5.27. The Morgan fingerprint density at radius 1 is 1.50 bits per heavy atom. The molecule has 0 unspecified atom stereocenters. The van der Waals surface area contributed by atoms with E-state index in [1.54, 1.807) is 7.11 Å². The van der Waals surface area contributed by atoms with Crippen LogP contribution >= 0.6 is 11.6 Å². The first kappa shape index (κ1) is 13.7. The number of hydrogen-bond acceptors (Lipinski definition) is 3. The Morgan fingerprint density at radius 3 is 3.00 bits per heavy atom. The summed E-state index contributed by atoms with van der Waals surface area (Å²) >= 11 is 6.24. The van der Waals surface area contributed by atoms with Crippen LogP contribution in [0.2, 0.25) is 5.02 Å². The number of benzene rings is 1. The quantitative estimate of drug-likeness (QED) is 0.892. The van der Waals surface area contributed by atoms with Crippen molar-refractivity contribution in [3.05, 3.63) is 28.8 Å². The molecule has 3 nitrogen and oxygen atoms in total. The maximum atomic E-state index is 8.95. The standard InChI is InChI=1S/C14H20ClNO2/c1-18-13-3-2-12(14(15)8-13)10-16-6-4-11(9-16)5-7-17/h2-3,8,11,17H,4-7,9-10H2,1H3/t11-/m0/s1. The first-order chi connectivity index (χ1) is 8.72. The molecule has 1 N–H and O–H groups in total. The highest BCUT2D eigenvalue weighted by molar-refractivity contribution is 6.31. The molecule has 0 bridgehead atoms. The Balaban J connectivity index is 1.94. The van der Waals surface area contributed by atoms with E-state index in [1.807, 2.05) is 18.2 Å². The van der Waals surface area contributed by atoms with Crippen LogP contribution in [0.15, 0.2) is 18.2 Å². The number of hydrogen-bond donors (Lipinski definition) is 1. The third-order valence-electron chi connectivity index (χ3n) is 3.56. The molecular formula is C14H20ClNO2. The molecular weight excluding hydrogens is 250 g/mol. The van der Waals surface area contributed by atoms with Crippen molar-refractivity contribution in [2.75, 3.05) is 26.8 Å². The van der Waals surface area contributed by atoms with Crippen LogP contribution in [0.25, 0.3) is 0 Å². The van der Waals surface area contributed by atoms with Crippen LogP contribution in [0.5, 0.6) is 5.75 Å². The predicted molar refractivity (Wildman–Crippen MR) is 73.1 cm³/mol. The monoisotopic (exact) mass is 269 g/mol. The van der Waals surface area contributed by atoms with E-state index in [-0.39, 0.29) is 0 Å². The smallest absolute Gasteiger partial charge is 0.120 e. The minimum Gasteiger partial charge on any atom is -0.497 e. The number of halogens is 1. The topological polar surface area (TPSA) is 32.7 Å². The highest BCUT2D eigenvalue weighted by Gasteiger charge is 2.22. The first-order valence-electron chi connectivity index (χ1n) is 6.38. The van der Waals surface area contributed by atoms with Crippen molar-refractivity contribution in [3.8, 4) is 5.75 Å². The lowest BCUT2D eigenvalue weighted by atomic mass is 10.1. The Kier molecular flexibility index (Phi) is 4.87. The fraction of sp³-hybridized carbons (Fsp3) is 0.571. The van der Waals surface area contributed by atoms with E-state index in [0.29, 0.717) is 12.5 Å². The maximum Gasteiger partial charge on any atom is 0.120 e. The Hall–Kier alpha value is -0.770. The first-order valence-corrected chi connectivity index (χ1v) is 6.76. The zero-order valence-corrected chi connectivity index (χ0v) is 11.5. The van der Waals surface area contributed by atoms with Crippen molar-refractivity contribution in [2.24, 2.45) is 5.92 Å². The number of nitrogens with zero attached hydrogens (tertiary/aromatic N) is 1. The van der Waals surface area contributed by atoms with E-state index in [1.165, 1.54) is 6.42 Å². The van der Waals surface area contributed by atoms with Crippen molar-refractivity contribution < 1.29 is 9.84 Å². The fourth-order valence-corrected chi connectivity index (χ4v) is 2.73. The van der Waals surface area contributed by atoms with Gasteiger partial charge >= 0.3 is 0 Å². The molecule has 1 aromatic rings. The molecule has 0 saturated carbocycles. The van der Waals surface area contributed by atoms with Gasteiger partial charge in [0.25, 0.3) is 0 Å². The summed E-state index contributed by atoms with van der Waals surface area (Å²) in [5, 5.41) is 9.71. The summed E-state index contributed by atoms with van der Waals surface area (Å²) in [5.74, 6) is 1.43. The van der Waals surface area contributed by atoms with Crippen molar-refractivity contribution in [1.82, 2.24) is 4.90 Å². The molecule has 1 atom stereocenters. The number of ether oxygens (including phenoxy) is 1. The van der Waals surface area contributed by atoms with Crippen LogP contribution in [0.1, 0.15) is 18.4 Å². The van der Waals surface area contributed by atoms with Gasteiger partial charge in [0.2, 0.25) is 0 Å². The SMILES string of the molecule is COc1ccc(CN2CC[C@@H](CCO)C2)c(Cl)c1. The van der Waals surface area contributed by atoms with Gasteiger partial charge in [-0.3, -0.25) is 4.90 Å². The normalized spacial score (nSPS) is 20.3. The molecule has 4 heteroatoms. The molecule has 1 aliphatic heterocycles. The fourth-order valence-electron chi connectivity index (χ4n) is 2.50. The number of aliphatic hydroxyl groups excluding tert-OH is 1. The Morgan fingerprint density at radius 2 is 2.33 bits per heavy atom. The van der Waals surface area contributed by atoms with Gasteiger partial charge in [-0.1, -0.05) is 17.7 Å². The lowest BCUT2D eigenvalue weighted by Crippen LogP contribution is -2.20. The molecule has 2 rings (SSSR count). The van der Waals surface area contributed by atoms with E-state index < -0.39 is 0 Å². The van der Waals surface area contributed by atoms with E-state index >= 15 is 0 Å². The minimum atomic E-state index is 0.293. The second-order valence-electron chi connectivity index (χ2n) is 4.86. The average molecular weight is 270 g/mol. The van der Waals surface area contributed by atoms with E-state index in [0.717, 1.165) is 42.4 Å². The Labute approximate surface area is 113 Å². The molecule has 1 heterocycles. The van der Waals surface area contributed by atoms with Gasteiger partial charge in [0.1, 0.15) is 5.75 Å². The maximum absolute atomic E-state index is 8.95. The lowest BCUT2D eigenvalue weighted by molar-refractivity contribution is 0.249. The van der Waals surface area contributed by atoms with Crippen molar-refractivity contribution in [1.29, 1.82) is 0 Å². The van der Waals surface area contributed by atoms with Crippen molar-refractivity contribution in [2.45, 2.75) is 19.4 Å². The lowest BCUT2D eigenvalue weighted by Gasteiger charge is -2.17. The summed E-state index contributed by atoms with van der Waals surface area (Å²) in [4.78, 5) is 2.40. The van der Waals surface area contributed by atoms with Crippen LogP contribution in [-0.2, 0) is 6.54 Å². The molecule has 1 aromatic carbocycles. The molecule has 0 aliphatic carbocycles. The summed E-state index contributed by atoms with van der Waals surface area (Å²) in [5.41, 5.74) is 1.14. The zero-order chi connectivity index (χ0) is 13.0.